The molecule has 0 radical (unpaired) electrons. The standard InChI is InChI=1S/C22H37N5O.HI/c1-4-26(5-2)21(18-10-7-6-8-11-18)15-25-22(23-3)24-14-20-16-27-13-9-12-19(27)17-28-20;/h6-8,10-11,19-21H,4-5,9,12-17H2,1-3H3,(H2,23,24,25);1H. The molecule has 0 amide bonds. The van der Waals surface area contributed by atoms with Crippen molar-refractivity contribution in [2.75, 3.05) is 52.9 Å². The van der Waals surface area contributed by atoms with Gasteiger partial charge in [-0.1, -0.05) is 44.2 Å². The fourth-order valence-corrected chi connectivity index (χ4v) is 4.43. The predicted octanol–water partition coefficient (Wildman–Crippen LogP) is 2.72. The highest BCUT2D eigenvalue weighted by Crippen LogP contribution is 2.22. The van der Waals surface area contributed by atoms with Crippen molar-refractivity contribution in [3.8, 4) is 0 Å². The molecule has 3 atom stereocenters. The van der Waals surface area contributed by atoms with Gasteiger partial charge < -0.3 is 15.4 Å². The van der Waals surface area contributed by atoms with Crippen LogP contribution in [0.3, 0.4) is 0 Å². The fraction of sp³-hybridized carbons (Fsp3) is 0.682. The smallest absolute Gasteiger partial charge is 0.191 e. The number of aliphatic imine (C=N–C) groups is 1. The van der Waals surface area contributed by atoms with Crippen molar-refractivity contribution in [2.45, 2.75) is 44.9 Å². The molecule has 2 aliphatic heterocycles. The highest BCUT2D eigenvalue weighted by atomic mass is 127. The number of guanidine groups is 1. The molecule has 0 spiro atoms. The first-order valence-corrected chi connectivity index (χ1v) is 10.8. The molecule has 2 aliphatic rings. The topological polar surface area (TPSA) is 52.1 Å². The average molecular weight is 515 g/mol. The molecule has 3 rings (SSSR count). The number of hydrogen-bond donors (Lipinski definition) is 2. The van der Waals surface area contributed by atoms with Gasteiger partial charge in [-0.2, -0.15) is 0 Å². The van der Waals surface area contributed by atoms with E-state index >= 15 is 0 Å². The van der Waals surface area contributed by atoms with Gasteiger partial charge in [-0.3, -0.25) is 14.8 Å². The summed E-state index contributed by atoms with van der Waals surface area (Å²) in [6.45, 7) is 11.2. The highest BCUT2D eigenvalue weighted by Gasteiger charge is 2.32. The van der Waals surface area contributed by atoms with Crippen LogP contribution >= 0.6 is 24.0 Å². The van der Waals surface area contributed by atoms with Crippen LogP contribution in [-0.4, -0.2) is 80.8 Å². The Hall–Kier alpha value is -0.900. The summed E-state index contributed by atoms with van der Waals surface area (Å²) < 4.78 is 6.06. The van der Waals surface area contributed by atoms with E-state index in [0.717, 1.165) is 45.3 Å². The normalized spacial score (nSPS) is 23.4. The second-order valence-corrected chi connectivity index (χ2v) is 7.73. The third-order valence-corrected chi connectivity index (χ3v) is 6.08. The van der Waals surface area contributed by atoms with Crippen molar-refractivity contribution >= 4 is 29.9 Å². The van der Waals surface area contributed by atoms with Gasteiger partial charge in [-0.05, 0) is 38.0 Å². The van der Waals surface area contributed by atoms with Crippen molar-refractivity contribution in [1.82, 2.24) is 20.4 Å². The van der Waals surface area contributed by atoms with Crippen molar-refractivity contribution in [3.63, 3.8) is 0 Å². The summed E-state index contributed by atoms with van der Waals surface area (Å²) in [4.78, 5) is 9.48. The summed E-state index contributed by atoms with van der Waals surface area (Å²) >= 11 is 0. The Kier molecular flexibility index (Phi) is 10.7. The molecule has 2 N–H and O–H groups in total. The quantitative estimate of drug-likeness (QED) is 0.317. The number of fused-ring (bicyclic) bond motifs is 1. The zero-order chi connectivity index (χ0) is 19.8. The third kappa shape index (κ3) is 6.80. The number of nitrogens with zero attached hydrogens (tertiary/aromatic N) is 3. The van der Waals surface area contributed by atoms with E-state index in [0.29, 0.717) is 12.1 Å². The summed E-state index contributed by atoms with van der Waals surface area (Å²) in [7, 11) is 1.84. The molecular formula is C22H38IN5O. The lowest BCUT2D eigenvalue weighted by Crippen LogP contribution is -2.52. The maximum absolute atomic E-state index is 6.06. The molecule has 0 bridgehead atoms. The lowest BCUT2D eigenvalue weighted by molar-refractivity contribution is -0.0453. The van der Waals surface area contributed by atoms with Crippen molar-refractivity contribution < 1.29 is 4.74 Å². The maximum atomic E-state index is 6.06. The number of benzene rings is 1. The Morgan fingerprint density at radius 1 is 1.24 bits per heavy atom. The first-order valence-electron chi connectivity index (χ1n) is 10.8. The van der Waals surface area contributed by atoms with Crippen LogP contribution < -0.4 is 10.6 Å². The second kappa shape index (κ2) is 12.7. The van der Waals surface area contributed by atoms with E-state index in [9.17, 15) is 0 Å². The van der Waals surface area contributed by atoms with Crippen molar-refractivity contribution in [3.05, 3.63) is 35.9 Å². The van der Waals surface area contributed by atoms with Crippen LogP contribution in [-0.2, 0) is 4.74 Å². The van der Waals surface area contributed by atoms with E-state index in [1.54, 1.807) is 0 Å². The molecule has 0 aliphatic carbocycles. The van der Waals surface area contributed by atoms with Crippen LogP contribution in [0.4, 0.5) is 0 Å². The van der Waals surface area contributed by atoms with Gasteiger partial charge in [-0.15, -0.1) is 24.0 Å². The molecular weight excluding hydrogens is 477 g/mol. The predicted molar refractivity (Wildman–Crippen MR) is 131 cm³/mol. The van der Waals surface area contributed by atoms with Gasteiger partial charge in [0.2, 0.25) is 0 Å². The lowest BCUT2D eigenvalue weighted by Gasteiger charge is -2.35. The molecule has 2 heterocycles. The molecule has 6 nitrogen and oxygen atoms in total. The van der Waals surface area contributed by atoms with Crippen molar-refractivity contribution in [1.29, 1.82) is 0 Å². The highest BCUT2D eigenvalue weighted by molar-refractivity contribution is 14.0. The van der Waals surface area contributed by atoms with Gasteiger partial charge in [0.15, 0.2) is 5.96 Å². The third-order valence-electron chi connectivity index (χ3n) is 6.08. The number of morpholine rings is 1. The van der Waals surface area contributed by atoms with Gasteiger partial charge in [0.25, 0.3) is 0 Å². The minimum absolute atomic E-state index is 0. The average Bonchev–Trinajstić information content (AvgIpc) is 3.21. The van der Waals surface area contributed by atoms with E-state index < -0.39 is 0 Å². The number of nitrogens with one attached hydrogen (secondary N) is 2. The van der Waals surface area contributed by atoms with E-state index in [1.807, 2.05) is 7.05 Å². The van der Waals surface area contributed by atoms with Crippen LogP contribution in [0.25, 0.3) is 0 Å². The Labute approximate surface area is 193 Å². The molecule has 1 aromatic rings. The van der Waals surface area contributed by atoms with Crippen LogP contribution in [0.1, 0.15) is 38.3 Å². The van der Waals surface area contributed by atoms with Crippen LogP contribution in [0.15, 0.2) is 35.3 Å². The summed E-state index contributed by atoms with van der Waals surface area (Å²) in [5, 5.41) is 7.00. The van der Waals surface area contributed by atoms with E-state index in [4.69, 9.17) is 4.74 Å². The summed E-state index contributed by atoms with van der Waals surface area (Å²) in [6.07, 6.45) is 2.83. The molecule has 0 saturated carbocycles. The number of likely N-dealkylation sites (N-methyl/N-ethyl adjacent to an activating group) is 1. The SMILES string of the molecule is CCN(CC)C(CNC(=NC)NCC1CN2CCCC2CO1)c1ccccc1.I. The summed E-state index contributed by atoms with van der Waals surface area (Å²) in [5.74, 6) is 0.847. The summed E-state index contributed by atoms with van der Waals surface area (Å²) in [5.41, 5.74) is 1.34. The zero-order valence-electron chi connectivity index (χ0n) is 18.1. The van der Waals surface area contributed by atoms with Crippen LogP contribution in [0, 0.1) is 0 Å². The largest absolute Gasteiger partial charge is 0.373 e. The summed E-state index contributed by atoms with van der Waals surface area (Å²) in [6, 6.07) is 11.7. The Morgan fingerprint density at radius 3 is 2.69 bits per heavy atom. The molecule has 29 heavy (non-hydrogen) atoms. The first kappa shape index (κ1) is 24.4. The molecule has 0 aromatic heterocycles. The second-order valence-electron chi connectivity index (χ2n) is 7.73. The van der Waals surface area contributed by atoms with E-state index in [2.05, 4.69) is 69.6 Å². The molecule has 7 heteroatoms. The molecule has 3 unspecified atom stereocenters. The number of halogens is 1. The minimum Gasteiger partial charge on any atom is -0.373 e. The first-order chi connectivity index (χ1) is 13.7. The Balaban J connectivity index is 0.00000300. The number of hydrogen-bond acceptors (Lipinski definition) is 4. The molecule has 2 saturated heterocycles. The van der Waals surface area contributed by atoms with E-state index in [-0.39, 0.29) is 30.1 Å². The van der Waals surface area contributed by atoms with Gasteiger partial charge in [0.1, 0.15) is 0 Å². The minimum atomic E-state index is 0. The van der Waals surface area contributed by atoms with E-state index in [1.165, 1.54) is 24.9 Å². The van der Waals surface area contributed by atoms with Gasteiger partial charge in [0.05, 0.1) is 18.8 Å². The Morgan fingerprint density at radius 2 is 2.00 bits per heavy atom. The lowest BCUT2D eigenvalue weighted by atomic mass is 10.1. The molecule has 1 aromatic carbocycles. The number of rotatable bonds is 8. The van der Waals surface area contributed by atoms with Crippen molar-refractivity contribution in [2.24, 2.45) is 4.99 Å². The monoisotopic (exact) mass is 515 g/mol. The molecule has 164 valence electrons. The zero-order valence-corrected chi connectivity index (χ0v) is 20.5. The van der Waals surface area contributed by atoms with Crippen LogP contribution in [0.5, 0.6) is 0 Å². The fourth-order valence-electron chi connectivity index (χ4n) is 4.43. The number of ether oxygens (including phenoxy) is 1. The van der Waals surface area contributed by atoms with Gasteiger partial charge >= 0.3 is 0 Å². The Bertz CT molecular complexity index is 610. The van der Waals surface area contributed by atoms with Gasteiger partial charge in [-0.25, -0.2) is 0 Å². The molecule has 2 fully saturated rings. The maximum Gasteiger partial charge on any atom is 0.191 e. The van der Waals surface area contributed by atoms with Gasteiger partial charge in [0, 0.05) is 32.7 Å². The van der Waals surface area contributed by atoms with Crippen LogP contribution in [0.2, 0.25) is 0 Å².